The number of carboxylic acid groups (broad SMARTS) is 1. The molecule has 1 amide bonds. The summed E-state index contributed by atoms with van der Waals surface area (Å²) in [5.74, 6) is -0.897. The van der Waals surface area contributed by atoms with Gasteiger partial charge in [-0.3, -0.25) is 9.59 Å². The van der Waals surface area contributed by atoms with E-state index < -0.39 is 11.9 Å². The van der Waals surface area contributed by atoms with E-state index >= 15 is 0 Å². The summed E-state index contributed by atoms with van der Waals surface area (Å²) in [6, 6.07) is 0. The van der Waals surface area contributed by atoms with Gasteiger partial charge in [0.1, 0.15) is 0 Å². The van der Waals surface area contributed by atoms with Gasteiger partial charge in [-0.05, 0) is 12.3 Å². The zero-order chi connectivity index (χ0) is 15.0. The minimum Gasteiger partial charge on any atom is -0.481 e. The zero-order valence-corrected chi connectivity index (χ0v) is 12.4. The van der Waals surface area contributed by atoms with Crippen LogP contribution in [0.3, 0.4) is 0 Å². The van der Waals surface area contributed by atoms with E-state index in [-0.39, 0.29) is 25.6 Å². The number of aliphatic hydroxyl groups is 1. The first kappa shape index (κ1) is 17.0. The summed E-state index contributed by atoms with van der Waals surface area (Å²) < 4.78 is 0. The molecule has 5 nitrogen and oxygen atoms in total. The lowest BCUT2D eigenvalue weighted by Gasteiger charge is -2.26. The summed E-state index contributed by atoms with van der Waals surface area (Å²) >= 11 is 0. The minimum absolute atomic E-state index is 0.0299. The van der Waals surface area contributed by atoms with Crippen molar-refractivity contribution in [3.8, 4) is 0 Å². The summed E-state index contributed by atoms with van der Waals surface area (Å²) in [7, 11) is 0. The number of carbonyl (C=O) groups excluding carboxylic acids is 1. The van der Waals surface area contributed by atoms with E-state index in [0.29, 0.717) is 12.3 Å². The van der Waals surface area contributed by atoms with Crippen LogP contribution in [0.25, 0.3) is 0 Å². The maximum atomic E-state index is 12.2. The number of aliphatic carboxylic acids is 1. The van der Waals surface area contributed by atoms with Crippen LogP contribution in [0.1, 0.15) is 51.9 Å². The van der Waals surface area contributed by atoms with Crippen molar-refractivity contribution in [1.29, 1.82) is 0 Å². The third-order valence-corrected chi connectivity index (χ3v) is 4.13. The molecule has 1 saturated carbocycles. The molecule has 0 aromatic rings. The number of hydrogen-bond donors (Lipinski definition) is 2. The number of carbonyl (C=O) groups is 2. The van der Waals surface area contributed by atoms with Crippen molar-refractivity contribution < 1.29 is 19.8 Å². The molecule has 0 aromatic heterocycles. The fraction of sp³-hybridized carbons (Fsp3) is 0.867. The van der Waals surface area contributed by atoms with Crippen LogP contribution >= 0.6 is 0 Å². The summed E-state index contributed by atoms with van der Waals surface area (Å²) in [6.07, 6.45) is 7.60. The number of aliphatic hydroxyl groups excluding tert-OH is 1. The van der Waals surface area contributed by atoms with Crippen LogP contribution in [0.5, 0.6) is 0 Å². The zero-order valence-electron chi connectivity index (χ0n) is 12.4. The van der Waals surface area contributed by atoms with E-state index in [0.717, 1.165) is 6.42 Å². The molecule has 0 spiro atoms. The number of nitrogens with zero attached hydrogens (tertiary/aromatic N) is 1. The first-order chi connectivity index (χ1) is 9.54. The number of rotatable bonds is 8. The average molecular weight is 285 g/mol. The Labute approximate surface area is 121 Å². The van der Waals surface area contributed by atoms with Gasteiger partial charge in [-0.25, -0.2) is 0 Å². The molecule has 20 heavy (non-hydrogen) atoms. The van der Waals surface area contributed by atoms with Gasteiger partial charge in [0.05, 0.1) is 12.5 Å². The first-order valence-corrected chi connectivity index (χ1v) is 7.66. The molecule has 0 aromatic carbocycles. The van der Waals surface area contributed by atoms with Gasteiger partial charge < -0.3 is 15.1 Å². The summed E-state index contributed by atoms with van der Waals surface area (Å²) in [5.41, 5.74) is 0. The van der Waals surface area contributed by atoms with E-state index in [1.165, 1.54) is 37.0 Å². The second-order valence-corrected chi connectivity index (χ2v) is 5.85. The Balaban J connectivity index is 2.40. The Morgan fingerprint density at radius 2 is 1.90 bits per heavy atom. The van der Waals surface area contributed by atoms with E-state index in [1.807, 2.05) is 0 Å². The summed E-state index contributed by atoms with van der Waals surface area (Å²) in [4.78, 5) is 24.5. The third kappa shape index (κ3) is 5.90. The smallest absolute Gasteiger partial charge is 0.308 e. The van der Waals surface area contributed by atoms with Crippen molar-refractivity contribution in [3.63, 3.8) is 0 Å². The summed E-state index contributed by atoms with van der Waals surface area (Å²) in [6.45, 7) is 1.86. The van der Waals surface area contributed by atoms with Gasteiger partial charge in [0.15, 0.2) is 0 Å². The molecular weight excluding hydrogens is 258 g/mol. The molecule has 1 aliphatic carbocycles. The number of hydrogen-bond acceptors (Lipinski definition) is 3. The third-order valence-electron chi connectivity index (χ3n) is 4.13. The van der Waals surface area contributed by atoms with Gasteiger partial charge in [-0.15, -0.1) is 0 Å². The van der Waals surface area contributed by atoms with E-state index in [4.69, 9.17) is 10.2 Å². The Morgan fingerprint density at radius 3 is 2.45 bits per heavy atom. The Kier molecular flexibility index (Phi) is 7.59. The molecule has 0 heterocycles. The van der Waals surface area contributed by atoms with E-state index in [2.05, 4.69) is 0 Å². The lowest BCUT2D eigenvalue weighted by atomic mass is 9.86. The van der Waals surface area contributed by atoms with Crippen LogP contribution in [0.4, 0.5) is 0 Å². The Hall–Kier alpha value is -1.10. The summed E-state index contributed by atoms with van der Waals surface area (Å²) in [5, 5.41) is 17.9. The molecule has 0 bridgehead atoms. The van der Waals surface area contributed by atoms with Crippen LogP contribution in [-0.4, -0.2) is 46.7 Å². The lowest BCUT2D eigenvalue weighted by Crippen LogP contribution is -2.38. The Morgan fingerprint density at radius 1 is 1.25 bits per heavy atom. The molecule has 1 atom stereocenters. The molecule has 0 saturated heterocycles. The van der Waals surface area contributed by atoms with Gasteiger partial charge in [-0.1, -0.05) is 39.0 Å². The highest BCUT2D eigenvalue weighted by Crippen LogP contribution is 2.27. The molecule has 1 fully saturated rings. The van der Waals surface area contributed by atoms with Crippen molar-refractivity contribution in [2.24, 2.45) is 11.8 Å². The molecule has 0 radical (unpaired) electrons. The predicted octanol–water partition coefficient (Wildman–Crippen LogP) is 1.89. The van der Waals surface area contributed by atoms with Crippen molar-refractivity contribution in [1.82, 2.24) is 4.90 Å². The van der Waals surface area contributed by atoms with Gasteiger partial charge in [-0.2, -0.15) is 0 Å². The minimum atomic E-state index is -0.909. The lowest BCUT2D eigenvalue weighted by molar-refractivity contribution is -0.143. The maximum Gasteiger partial charge on any atom is 0.308 e. The normalized spacial score (nSPS) is 17.7. The molecule has 5 heteroatoms. The molecule has 1 rings (SSSR count). The van der Waals surface area contributed by atoms with Gasteiger partial charge in [0.25, 0.3) is 0 Å². The first-order valence-electron chi connectivity index (χ1n) is 7.66. The largest absolute Gasteiger partial charge is 0.481 e. The molecular formula is C15H27NO4. The van der Waals surface area contributed by atoms with Gasteiger partial charge in [0, 0.05) is 19.5 Å². The number of carboxylic acids is 1. The second kappa shape index (κ2) is 8.95. The fourth-order valence-corrected chi connectivity index (χ4v) is 2.81. The highest BCUT2D eigenvalue weighted by atomic mass is 16.4. The van der Waals surface area contributed by atoms with Crippen molar-refractivity contribution in [2.45, 2.75) is 51.9 Å². The van der Waals surface area contributed by atoms with Gasteiger partial charge >= 0.3 is 5.97 Å². The average Bonchev–Trinajstić information content (AvgIpc) is 2.45. The van der Waals surface area contributed by atoms with Crippen LogP contribution < -0.4 is 0 Å². The van der Waals surface area contributed by atoms with Crippen molar-refractivity contribution >= 4 is 11.9 Å². The highest BCUT2D eigenvalue weighted by molar-refractivity contribution is 5.77. The van der Waals surface area contributed by atoms with E-state index in [9.17, 15) is 9.59 Å². The Bertz CT molecular complexity index is 313. The van der Waals surface area contributed by atoms with Crippen LogP contribution in [-0.2, 0) is 9.59 Å². The van der Waals surface area contributed by atoms with Crippen molar-refractivity contribution in [2.75, 3.05) is 19.7 Å². The molecule has 1 aliphatic rings. The van der Waals surface area contributed by atoms with Crippen LogP contribution in [0.2, 0.25) is 0 Å². The standard InChI is InChI=1S/C15H27NO4/c1-12(15(19)20)11-16(9-10-17)14(18)8-7-13-5-3-2-4-6-13/h12-13,17H,2-11H2,1H3,(H,19,20). The molecule has 116 valence electrons. The topological polar surface area (TPSA) is 77.8 Å². The fourth-order valence-electron chi connectivity index (χ4n) is 2.81. The quantitative estimate of drug-likeness (QED) is 0.714. The van der Waals surface area contributed by atoms with Crippen LogP contribution in [0.15, 0.2) is 0 Å². The molecule has 0 aliphatic heterocycles. The van der Waals surface area contributed by atoms with Crippen molar-refractivity contribution in [3.05, 3.63) is 0 Å². The van der Waals surface area contributed by atoms with Gasteiger partial charge in [0.2, 0.25) is 5.91 Å². The second-order valence-electron chi connectivity index (χ2n) is 5.85. The highest BCUT2D eigenvalue weighted by Gasteiger charge is 2.21. The molecule has 2 N–H and O–H groups in total. The van der Waals surface area contributed by atoms with E-state index in [1.54, 1.807) is 6.92 Å². The predicted molar refractivity (Wildman–Crippen MR) is 76.3 cm³/mol. The maximum absolute atomic E-state index is 12.2. The SMILES string of the molecule is CC(CN(CCO)C(=O)CCC1CCCCC1)C(=O)O. The number of amides is 1. The molecule has 1 unspecified atom stereocenters. The monoisotopic (exact) mass is 285 g/mol. The van der Waals surface area contributed by atoms with Crippen LogP contribution in [0, 0.1) is 11.8 Å².